The molecule has 15 heavy (non-hydrogen) atoms. The van der Waals surface area contributed by atoms with E-state index in [4.69, 9.17) is 14.9 Å². The Morgan fingerprint density at radius 1 is 1.33 bits per heavy atom. The second-order valence-corrected chi connectivity index (χ2v) is 4.34. The molecule has 2 N–H and O–H groups in total. The van der Waals surface area contributed by atoms with E-state index < -0.39 is 23.5 Å². The van der Waals surface area contributed by atoms with Crippen molar-refractivity contribution in [1.82, 2.24) is 0 Å². The fourth-order valence-corrected chi connectivity index (χ4v) is 1.05. The van der Waals surface area contributed by atoms with Crippen LogP contribution in [0.2, 0.25) is 0 Å². The summed E-state index contributed by atoms with van der Waals surface area (Å²) in [6.45, 7) is 4.89. The zero-order valence-corrected chi connectivity index (χ0v) is 9.32. The smallest absolute Gasteiger partial charge is 0.307 e. The number of hydrogen-bond donors (Lipinski definition) is 2. The minimum absolute atomic E-state index is 0.0641. The molecule has 0 aliphatic heterocycles. The number of rotatable bonds is 5. The van der Waals surface area contributed by atoms with Crippen LogP contribution in [-0.2, 0) is 14.3 Å². The Kier molecular flexibility index (Phi) is 5.28. The lowest BCUT2D eigenvalue weighted by Gasteiger charge is -2.20. The summed E-state index contributed by atoms with van der Waals surface area (Å²) in [7, 11) is 0. The van der Waals surface area contributed by atoms with Crippen LogP contribution in [0.15, 0.2) is 0 Å². The number of aliphatic carboxylic acids is 1. The first-order valence-electron chi connectivity index (χ1n) is 4.82. The van der Waals surface area contributed by atoms with Crippen LogP contribution in [0, 0.1) is 5.92 Å². The maximum atomic E-state index is 11.3. The lowest BCUT2D eigenvalue weighted by Crippen LogP contribution is -2.27. The number of ether oxygens (including phenoxy) is 1. The standard InChI is InChI=1S/C10H18O5/c1-10(2,3)15-8(12)6-7(4-5-11)9(13)14/h7,11H,4-6H2,1-3H3,(H,13,14). The fourth-order valence-electron chi connectivity index (χ4n) is 1.05. The molecule has 5 nitrogen and oxygen atoms in total. The molecule has 0 saturated carbocycles. The molecular weight excluding hydrogens is 200 g/mol. The van der Waals surface area contributed by atoms with Crippen LogP contribution < -0.4 is 0 Å². The van der Waals surface area contributed by atoms with Crippen LogP contribution in [0.5, 0.6) is 0 Å². The Labute approximate surface area is 89.0 Å². The molecule has 88 valence electrons. The van der Waals surface area contributed by atoms with Crippen LogP contribution in [0.25, 0.3) is 0 Å². The number of carbonyl (C=O) groups excluding carboxylic acids is 1. The molecule has 5 heteroatoms. The van der Waals surface area contributed by atoms with Crippen molar-refractivity contribution in [3.63, 3.8) is 0 Å². The van der Waals surface area contributed by atoms with E-state index in [9.17, 15) is 9.59 Å². The summed E-state index contributed by atoms with van der Waals surface area (Å²) in [5, 5.41) is 17.3. The highest BCUT2D eigenvalue weighted by molar-refractivity contribution is 5.78. The summed E-state index contributed by atoms with van der Waals surface area (Å²) in [5.74, 6) is -2.51. The first kappa shape index (κ1) is 13.9. The van der Waals surface area contributed by atoms with Gasteiger partial charge in [0.2, 0.25) is 0 Å². The molecule has 0 fully saturated rings. The van der Waals surface area contributed by atoms with Gasteiger partial charge in [-0.15, -0.1) is 0 Å². The minimum Gasteiger partial charge on any atom is -0.481 e. The van der Waals surface area contributed by atoms with Crippen LogP contribution in [0.3, 0.4) is 0 Å². The summed E-state index contributed by atoms with van der Waals surface area (Å²) in [5.41, 5.74) is -0.612. The molecule has 1 atom stereocenters. The summed E-state index contributed by atoms with van der Waals surface area (Å²) >= 11 is 0. The first-order valence-corrected chi connectivity index (χ1v) is 4.82. The van der Waals surface area contributed by atoms with Gasteiger partial charge in [0.05, 0.1) is 12.3 Å². The van der Waals surface area contributed by atoms with Crippen molar-refractivity contribution in [3.05, 3.63) is 0 Å². The van der Waals surface area contributed by atoms with Crippen molar-refractivity contribution >= 4 is 11.9 Å². The number of carboxylic acid groups (broad SMARTS) is 1. The minimum atomic E-state index is -1.09. The molecule has 0 bridgehead atoms. The van der Waals surface area contributed by atoms with Gasteiger partial charge in [-0.2, -0.15) is 0 Å². The SMILES string of the molecule is CC(C)(C)OC(=O)CC(CCO)C(=O)O. The predicted molar refractivity (Wildman–Crippen MR) is 53.3 cm³/mol. The Morgan fingerprint density at radius 3 is 2.20 bits per heavy atom. The molecule has 0 aromatic rings. The average molecular weight is 218 g/mol. The third-order valence-electron chi connectivity index (χ3n) is 1.66. The molecule has 0 aromatic heterocycles. The van der Waals surface area contributed by atoms with Gasteiger partial charge in [-0.1, -0.05) is 0 Å². The summed E-state index contributed by atoms with van der Waals surface area (Å²) in [6.07, 6.45) is -0.137. The van der Waals surface area contributed by atoms with Crippen molar-refractivity contribution in [2.75, 3.05) is 6.61 Å². The molecule has 0 radical (unpaired) electrons. The first-order chi connectivity index (χ1) is 6.76. The number of aliphatic hydroxyl groups excluding tert-OH is 1. The van der Waals surface area contributed by atoms with Crippen molar-refractivity contribution in [2.24, 2.45) is 5.92 Å². The molecule has 0 spiro atoms. The van der Waals surface area contributed by atoms with E-state index in [1.807, 2.05) is 0 Å². The molecule has 0 rings (SSSR count). The Bertz CT molecular complexity index is 228. The highest BCUT2D eigenvalue weighted by Gasteiger charge is 2.24. The van der Waals surface area contributed by atoms with E-state index in [0.717, 1.165) is 0 Å². The van der Waals surface area contributed by atoms with Crippen LogP contribution >= 0.6 is 0 Å². The molecule has 0 aromatic carbocycles. The third-order valence-corrected chi connectivity index (χ3v) is 1.66. The van der Waals surface area contributed by atoms with Gasteiger partial charge in [0, 0.05) is 6.61 Å². The average Bonchev–Trinajstić information content (AvgIpc) is 1.99. The van der Waals surface area contributed by atoms with Crippen molar-refractivity contribution in [1.29, 1.82) is 0 Å². The van der Waals surface area contributed by atoms with Gasteiger partial charge in [-0.05, 0) is 27.2 Å². The quantitative estimate of drug-likeness (QED) is 0.667. The van der Waals surface area contributed by atoms with E-state index >= 15 is 0 Å². The van der Waals surface area contributed by atoms with Gasteiger partial charge >= 0.3 is 11.9 Å². The number of carboxylic acids is 1. The normalized spacial score (nSPS) is 13.3. The zero-order valence-electron chi connectivity index (χ0n) is 9.32. The predicted octanol–water partition coefficient (Wildman–Crippen LogP) is 0.801. The lowest BCUT2D eigenvalue weighted by molar-refractivity contribution is -0.160. The Balaban J connectivity index is 4.18. The highest BCUT2D eigenvalue weighted by Crippen LogP contribution is 2.14. The van der Waals surface area contributed by atoms with Crippen molar-refractivity contribution in [2.45, 2.75) is 39.2 Å². The van der Waals surface area contributed by atoms with E-state index in [1.54, 1.807) is 20.8 Å². The van der Waals surface area contributed by atoms with Gasteiger partial charge in [0.15, 0.2) is 0 Å². The molecule has 0 aliphatic rings. The van der Waals surface area contributed by atoms with E-state index in [-0.39, 0.29) is 19.4 Å². The number of hydrogen-bond acceptors (Lipinski definition) is 4. The topological polar surface area (TPSA) is 83.8 Å². The van der Waals surface area contributed by atoms with Gasteiger partial charge in [0.1, 0.15) is 5.60 Å². The summed E-state index contributed by atoms with van der Waals surface area (Å²) in [4.78, 5) is 22.0. The lowest BCUT2D eigenvalue weighted by atomic mass is 10.0. The summed E-state index contributed by atoms with van der Waals surface area (Å²) < 4.78 is 4.98. The molecule has 0 saturated heterocycles. The molecule has 0 amide bonds. The van der Waals surface area contributed by atoms with E-state index in [2.05, 4.69) is 0 Å². The maximum absolute atomic E-state index is 11.3. The number of esters is 1. The molecule has 0 aliphatic carbocycles. The monoisotopic (exact) mass is 218 g/mol. The van der Waals surface area contributed by atoms with Crippen LogP contribution in [0.4, 0.5) is 0 Å². The molecular formula is C10H18O5. The van der Waals surface area contributed by atoms with Crippen LogP contribution in [0.1, 0.15) is 33.6 Å². The molecule has 0 heterocycles. The van der Waals surface area contributed by atoms with E-state index in [1.165, 1.54) is 0 Å². The van der Waals surface area contributed by atoms with Crippen molar-refractivity contribution in [3.8, 4) is 0 Å². The highest BCUT2D eigenvalue weighted by atomic mass is 16.6. The largest absolute Gasteiger partial charge is 0.481 e. The van der Waals surface area contributed by atoms with Crippen molar-refractivity contribution < 1.29 is 24.5 Å². The van der Waals surface area contributed by atoms with Crippen LogP contribution in [-0.4, -0.2) is 34.4 Å². The maximum Gasteiger partial charge on any atom is 0.307 e. The Morgan fingerprint density at radius 2 is 1.87 bits per heavy atom. The molecule has 1 unspecified atom stereocenters. The zero-order chi connectivity index (χ0) is 12.1. The summed E-state index contributed by atoms with van der Waals surface area (Å²) in [6, 6.07) is 0. The van der Waals surface area contributed by atoms with Gasteiger partial charge < -0.3 is 14.9 Å². The van der Waals surface area contributed by atoms with Gasteiger partial charge in [-0.3, -0.25) is 9.59 Å². The Hall–Kier alpha value is -1.10. The number of aliphatic hydroxyl groups is 1. The fraction of sp³-hybridized carbons (Fsp3) is 0.800. The second kappa shape index (κ2) is 5.70. The van der Waals surface area contributed by atoms with E-state index in [0.29, 0.717) is 0 Å². The van der Waals surface area contributed by atoms with Gasteiger partial charge in [0.25, 0.3) is 0 Å². The third kappa shape index (κ3) is 6.90. The second-order valence-electron chi connectivity index (χ2n) is 4.34. The number of carbonyl (C=O) groups is 2. The van der Waals surface area contributed by atoms with Gasteiger partial charge in [-0.25, -0.2) is 0 Å².